The average Bonchev–Trinajstić information content (AvgIpc) is 3.17. The number of nitrogens with zero attached hydrogens (tertiary/aromatic N) is 3. The SMILES string of the molecule is CN(C)C1=NC2(CCN(C(=O)c3scc4c3CCCC4)CC2)C(=O)N1. The zero-order chi connectivity index (χ0) is 17.6. The van der Waals surface area contributed by atoms with E-state index in [4.69, 9.17) is 0 Å². The van der Waals surface area contributed by atoms with Gasteiger partial charge in [0.2, 0.25) is 5.96 Å². The first-order valence-corrected chi connectivity index (χ1v) is 9.85. The first kappa shape index (κ1) is 16.6. The molecule has 1 spiro atoms. The van der Waals surface area contributed by atoms with Crippen LogP contribution in [0.1, 0.15) is 46.5 Å². The van der Waals surface area contributed by atoms with E-state index in [-0.39, 0.29) is 11.8 Å². The van der Waals surface area contributed by atoms with Crippen molar-refractivity contribution in [3.63, 3.8) is 0 Å². The highest BCUT2D eigenvalue weighted by molar-refractivity contribution is 7.12. The highest BCUT2D eigenvalue weighted by atomic mass is 32.1. The van der Waals surface area contributed by atoms with Crippen molar-refractivity contribution in [1.29, 1.82) is 0 Å². The van der Waals surface area contributed by atoms with Gasteiger partial charge in [0.1, 0.15) is 5.54 Å². The van der Waals surface area contributed by atoms with Gasteiger partial charge in [0, 0.05) is 27.2 Å². The number of rotatable bonds is 1. The Morgan fingerprint density at radius 2 is 2.00 bits per heavy atom. The molecule has 1 N–H and O–H groups in total. The molecule has 25 heavy (non-hydrogen) atoms. The third-order valence-corrected chi connectivity index (χ3v) is 6.63. The molecular formula is C18H24N4O2S. The van der Waals surface area contributed by atoms with Gasteiger partial charge in [0.05, 0.1) is 4.88 Å². The van der Waals surface area contributed by atoms with Crippen LogP contribution in [0.25, 0.3) is 0 Å². The van der Waals surface area contributed by atoms with E-state index in [1.54, 1.807) is 11.3 Å². The first-order valence-electron chi connectivity index (χ1n) is 8.97. The molecule has 3 aliphatic rings. The van der Waals surface area contributed by atoms with Crippen LogP contribution in [0.2, 0.25) is 0 Å². The molecule has 1 saturated heterocycles. The monoisotopic (exact) mass is 360 g/mol. The molecule has 3 heterocycles. The van der Waals surface area contributed by atoms with Crippen LogP contribution in [-0.2, 0) is 17.6 Å². The molecule has 1 aliphatic carbocycles. The van der Waals surface area contributed by atoms with Crippen molar-refractivity contribution in [3.05, 3.63) is 21.4 Å². The maximum Gasteiger partial charge on any atom is 0.264 e. The van der Waals surface area contributed by atoms with Crippen LogP contribution in [0.15, 0.2) is 10.4 Å². The van der Waals surface area contributed by atoms with Gasteiger partial charge in [-0.15, -0.1) is 11.3 Å². The predicted octanol–water partition coefficient (Wildman–Crippen LogP) is 1.65. The van der Waals surface area contributed by atoms with Crippen LogP contribution >= 0.6 is 11.3 Å². The number of piperidine rings is 1. The molecule has 0 radical (unpaired) electrons. The number of aryl methyl sites for hydroxylation is 1. The molecule has 2 aliphatic heterocycles. The fourth-order valence-electron chi connectivity index (χ4n) is 3.97. The molecule has 0 aromatic carbocycles. The van der Waals surface area contributed by atoms with Crippen LogP contribution in [-0.4, -0.2) is 60.3 Å². The number of amides is 2. The normalized spacial score (nSPS) is 21.8. The maximum atomic E-state index is 13.0. The van der Waals surface area contributed by atoms with Gasteiger partial charge < -0.3 is 9.80 Å². The van der Waals surface area contributed by atoms with E-state index >= 15 is 0 Å². The highest BCUT2D eigenvalue weighted by Crippen LogP contribution is 2.34. The van der Waals surface area contributed by atoms with E-state index in [0.717, 1.165) is 17.7 Å². The number of hydrogen-bond acceptors (Lipinski definition) is 5. The zero-order valence-electron chi connectivity index (χ0n) is 14.8. The number of hydrogen-bond donors (Lipinski definition) is 1. The molecule has 1 aromatic rings. The Bertz CT molecular complexity index is 744. The Hall–Kier alpha value is -1.89. The van der Waals surface area contributed by atoms with E-state index in [1.165, 1.54) is 24.0 Å². The number of carbonyl (C=O) groups is 2. The fourth-order valence-corrected chi connectivity index (χ4v) is 5.10. The molecule has 7 heteroatoms. The van der Waals surface area contributed by atoms with Gasteiger partial charge in [-0.3, -0.25) is 14.9 Å². The molecule has 0 bridgehead atoms. The number of likely N-dealkylation sites (tertiary alicyclic amines) is 1. The van der Waals surface area contributed by atoms with Crippen LogP contribution in [0, 0.1) is 0 Å². The smallest absolute Gasteiger partial charge is 0.264 e. The molecule has 1 aromatic heterocycles. The lowest BCUT2D eigenvalue weighted by Crippen LogP contribution is -2.50. The van der Waals surface area contributed by atoms with Crippen molar-refractivity contribution in [3.8, 4) is 0 Å². The van der Waals surface area contributed by atoms with Gasteiger partial charge in [0.15, 0.2) is 0 Å². The standard InChI is InChI=1S/C18H24N4O2S/c1-21(2)17-19-16(24)18(20-17)7-9-22(10-8-18)15(23)14-13-6-4-3-5-12(13)11-25-14/h11H,3-10H2,1-2H3,(H,19,20,24). The van der Waals surface area contributed by atoms with Gasteiger partial charge >= 0.3 is 0 Å². The van der Waals surface area contributed by atoms with Crippen LogP contribution < -0.4 is 5.32 Å². The second kappa shape index (κ2) is 6.12. The molecule has 0 saturated carbocycles. The second-order valence-electron chi connectivity index (χ2n) is 7.38. The summed E-state index contributed by atoms with van der Waals surface area (Å²) in [5.41, 5.74) is 1.95. The van der Waals surface area contributed by atoms with E-state index in [9.17, 15) is 9.59 Å². The number of aliphatic imine (C=N–C) groups is 1. The summed E-state index contributed by atoms with van der Waals surface area (Å²) in [6.07, 6.45) is 5.71. The van der Waals surface area contributed by atoms with Crippen molar-refractivity contribution in [2.75, 3.05) is 27.2 Å². The summed E-state index contributed by atoms with van der Waals surface area (Å²) >= 11 is 1.59. The lowest BCUT2D eigenvalue weighted by Gasteiger charge is -2.35. The quantitative estimate of drug-likeness (QED) is 0.828. The Morgan fingerprint density at radius 3 is 2.68 bits per heavy atom. The number of nitrogens with one attached hydrogen (secondary N) is 1. The minimum atomic E-state index is -0.689. The minimum Gasteiger partial charge on any atom is -0.349 e. The number of thiophene rings is 1. The van der Waals surface area contributed by atoms with E-state index in [0.29, 0.717) is 31.9 Å². The summed E-state index contributed by atoms with van der Waals surface area (Å²) < 4.78 is 0. The number of fused-ring (bicyclic) bond motifs is 1. The van der Waals surface area contributed by atoms with Crippen molar-refractivity contribution in [2.45, 2.75) is 44.1 Å². The van der Waals surface area contributed by atoms with Gasteiger partial charge in [-0.2, -0.15) is 0 Å². The Balaban J connectivity index is 1.48. The highest BCUT2D eigenvalue weighted by Gasteiger charge is 2.47. The molecule has 2 amide bonds. The summed E-state index contributed by atoms with van der Waals surface area (Å²) in [5.74, 6) is 0.729. The Kier molecular flexibility index (Phi) is 4.06. The molecule has 6 nitrogen and oxygen atoms in total. The molecule has 134 valence electrons. The molecule has 1 fully saturated rings. The lowest BCUT2D eigenvalue weighted by molar-refractivity contribution is -0.125. The van der Waals surface area contributed by atoms with E-state index < -0.39 is 5.54 Å². The molecular weight excluding hydrogens is 336 g/mol. The fraction of sp³-hybridized carbons (Fsp3) is 0.611. The number of carbonyl (C=O) groups excluding carboxylic acids is 2. The molecule has 4 rings (SSSR count). The summed E-state index contributed by atoms with van der Waals surface area (Å²) in [4.78, 5) is 34.7. The van der Waals surface area contributed by atoms with E-state index in [2.05, 4.69) is 15.7 Å². The Labute approximate surface area is 151 Å². The maximum absolute atomic E-state index is 13.0. The van der Waals surface area contributed by atoms with Crippen LogP contribution in [0.3, 0.4) is 0 Å². The van der Waals surface area contributed by atoms with Gasteiger partial charge in [-0.05, 0) is 55.0 Å². The van der Waals surface area contributed by atoms with Crippen LogP contribution in [0.5, 0.6) is 0 Å². The lowest BCUT2D eigenvalue weighted by atomic mass is 9.87. The van der Waals surface area contributed by atoms with Crippen molar-refractivity contribution in [1.82, 2.24) is 15.1 Å². The summed E-state index contributed by atoms with van der Waals surface area (Å²) in [7, 11) is 3.74. The molecule has 0 atom stereocenters. The second-order valence-corrected chi connectivity index (χ2v) is 8.26. The average molecular weight is 360 g/mol. The third-order valence-electron chi connectivity index (χ3n) is 5.57. The van der Waals surface area contributed by atoms with Crippen molar-refractivity contribution in [2.24, 2.45) is 4.99 Å². The van der Waals surface area contributed by atoms with E-state index in [1.807, 2.05) is 23.9 Å². The summed E-state index contributed by atoms with van der Waals surface area (Å²) in [6, 6.07) is 0. The predicted molar refractivity (Wildman–Crippen MR) is 98.1 cm³/mol. The number of guanidine groups is 1. The largest absolute Gasteiger partial charge is 0.349 e. The van der Waals surface area contributed by atoms with Gasteiger partial charge in [0.25, 0.3) is 11.8 Å². The summed E-state index contributed by atoms with van der Waals surface area (Å²) in [6.45, 7) is 1.17. The third kappa shape index (κ3) is 2.74. The van der Waals surface area contributed by atoms with Gasteiger partial charge in [-0.1, -0.05) is 0 Å². The first-order chi connectivity index (χ1) is 12.0. The molecule has 0 unspecified atom stereocenters. The van der Waals surface area contributed by atoms with Gasteiger partial charge in [-0.25, -0.2) is 4.99 Å². The van der Waals surface area contributed by atoms with Crippen molar-refractivity contribution < 1.29 is 9.59 Å². The topological polar surface area (TPSA) is 65.0 Å². The summed E-state index contributed by atoms with van der Waals surface area (Å²) in [5, 5.41) is 5.02. The Morgan fingerprint density at radius 1 is 1.28 bits per heavy atom. The zero-order valence-corrected chi connectivity index (χ0v) is 15.6. The van der Waals surface area contributed by atoms with Crippen molar-refractivity contribution >= 4 is 29.1 Å². The minimum absolute atomic E-state index is 0.0307. The van der Waals surface area contributed by atoms with Crippen LogP contribution in [0.4, 0.5) is 0 Å².